The van der Waals surface area contributed by atoms with Gasteiger partial charge < -0.3 is 5.73 Å². The Morgan fingerprint density at radius 2 is 1.95 bits per heavy atom. The van der Waals surface area contributed by atoms with Gasteiger partial charge in [0.2, 0.25) is 0 Å². The van der Waals surface area contributed by atoms with Gasteiger partial charge in [-0.25, -0.2) is 0 Å². The predicted molar refractivity (Wildman–Crippen MR) is 85.7 cm³/mol. The summed E-state index contributed by atoms with van der Waals surface area (Å²) in [5.41, 5.74) is 7.28. The molecule has 1 heterocycles. The van der Waals surface area contributed by atoms with Crippen molar-refractivity contribution in [2.75, 3.05) is 5.73 Å². The first-order chi connectivity index (χ1) is 9.70. The van der Waals surface area contributed by atoms with Crippen LogP contribution in [-0.4, -0.2) is 10.2 Å². The first kappa shape index (κ1) is 15.4. The monoisotopic (exact) mass is 277 g/mol. The van der Waals surface area contributed by atoms with Crippen molar-refractivity contribution in [3.05, 3.63) is 11.8 Å². The molecule has 1 aliphatic carbocycles. The Bertz CT molecular complexity index is 387. The van der Waals surface area contributed by atoms with Gasteiger partial charge in [0.05, 0.1) is 0 Å². The van der Waals surface area contributed by atoms with Crippen LogP contribution in [0.5, 0.6) is 0 Å². The molecule has 3 heteroatoms. The Morgan fingerprint density at radius 3 is 2.50 bits per heavy atom. The third-order valence-corrected chi connectivity index (χ3v) is 5.52. The Balaban J connectivity index is 1.91. The molecule has 3 nitrogen and oxygen atoms in total. The van der Waals surface area contributed by atoms with E-state index in [1.807, 2.05) is 6.07 Å². The van der Waals surface area contributed by atoms with Crippen LogP contribution in [0, 0.1) is 5.92 Å². The molecule has 1 fully saturated rings. The Kier molecular flexibility index (Phi) is 5.50. The minimum absolute atomic E-state index is 0.249. The van der Waals surface area contributed by atoms with Crippen LogP contribution in [0.25, 0.3) is 0 Å². The van der Waals surface area contributed by atoms with Gasteiger partial charge in [-0.15, -0.1) is 0 Å². The second kappa shape index (κ2) is 7.14. The number of nitrogens with one attached hydrogen (secondary N) is 1. The zero-order valence-electron chi connectivity index (χ0n) is 13.3. The average Bonchev–Trinajstić information content (AvgIpc) is 2.92. The van der Waals surface area contributed by atoms with Gasteiger partial charge in [0.25, 0.3) is 0 Å². The molecule has 0 radical (unpaired) electrons. The van der Waals surface area contributed by atoms with Gasteiger partial charge >= 0.3 is 0 Å². The van der Waals surface area contributed by atoms with Gasteiger partial charge in [0.1, 0.15) is 5.82 Å². The number of rotatable bonds is 7. The van der Waals surface area contributed by atoms with Gasteiger partial charge in [-0.2, -0.15) is 5.10 Å². The Labute approximate surface area is 123 Å². The fourth-order valence-electron chi connectivity index (χ4n) is 3.93. The second-order valence-corrected chi connectivity index (χ2v) is 6.59. The molecule has 0 aromatic carbocycles. The Morgan fingerprint density at radius 1 is 1.25 bits per heavy atom. The maximum atomic E-state index is 5.79. The lowest BCUT2D eigenvalue weighted by Gasteiger charge is -2.31. The highest BCUT2D eigenvalue weighted by atomic mass is 15.2. The van der Waals surface area contributed by atoms with Crippen LogP contribution in [0.3, 0.4) is 0 Å². The summed E-state index contributed by atoms with van der Waals surface area (Å²) in [6.45, 7) is 4.59. The van der Waals surface area contributed by atoms with E-state index in [1.54, 1.807) is 0 Å². The topological polar surface area (TPSA) is 54.7 Å². The van der Waals surface area contributed by atoms with Crippen molar-refractivity contribution in [2.45, 2.75) is 83.5 Å². The number of anilines is 1. The van der Waals surface area contributed by atoms with Crippen LogP contribution in [0.1, 0.15) is 83.7 Å². The minimum Gasteiger partial charge on any atom is -0.382 e. The summed E-state index contributed by atoms with van der Waals surface area (Å²) < 4.78 is 0. The van der Waals surface area contributed by atoms with Crippen molar-refractivity contribution >= 4 is 5.82 Å². The van der Waals surface area contributed by atoms with Crippen molar-refractivity contribution in [1.82, 2.24) is 10.2 Å². The molecule has 1 saturated carbocycles. The number of hydrogen-bond donors (Lipinski definition) is 2. The van der Waals surface area contributed by atoms with E-state index < -0.39 is 0 Å². The number of nitrogen functional groups attached to an aromatic ring is 1. The van der Waals surface area contributed by atoms with Gasteiger partial charge in [-0.05, 0) is 25.2 Å². The summed E-state index contributed by atoms with van der Waals surface area (Å²) in [7, 11) is 0. The molecule has 0 bridgehead atoms. The smallest absolute Gasteiger partial charge is 0.145 e. The van der Waals surface area contributed by atoms with E-state index in [-0.39, 0.29) is 5.41 Å². The summed E-state index contributed by atoms with van der Waals surface area (Å²) in [6.07, 6.45) is 13.6. The summed E-state index contributed by atoms with van der Waals surface area (Å²) in [4.78, 5) is 0. The van der Waals surface area contributed by atoms with E-state index in [4.69, 9.17) is 5.73 Å². The molecular formula is C17H31N3. The number of nitrogens with two attached hydrogens (primary N) is 1. The molecule has 0 saturated heterocycles. The minimum atomic E-state index is 0.249. The largest absolute Gasteiger partial charge is 0.382 e. The third kappa shape index (κ3) is 3.56. The van der Waals surface area contributed by atoms with Gasteiger partial charge in [-0.3, -0.25) is 5.10 Å². The van der Waals surface area contributed by atoms with Crippen LogP contribution >= 0.6 is 0 Å². The molecule has 0 amide bonds. The lowest BCUT2D eigenvalue weighted by molar-refractivity contribution is 0.291. The highest BCUT2D eigenvalue weighted by Gasteiger charge is 2.30. The number of nitrogens with zero attached hydrogens (tertiary/aromatic N) is 1. The molecule has 20 heavy (non-hydrogen) atoms. The molecule has 0 aliphatic heterocycles. The van der Waals surface area contributed by atoms with E-state index in [0.29, 0.717) is 5.82 Å². The fourth-order valence-corrected chi connectivity index (χ4v) is 3.93. The van der Waals surface area contributed by atoms with Gasteiger partial charge in [0, 0.05) is 17.2 Å². The second-order valence-electron chi connectivity index (χ2n) is 6.59. The third-order valence-electron chi connectivity index (χ3n) is 5.52. The molecule has 1 aromatic rings. The normalized spacial score (nSPS) is 17.5. The zero-order valence-corrected chi connectivity index (χ0v) is 13.3. The zero-order chi connectivity index (χ0) is 14.4. The van der Waals surface area contributed by atoms with Crippen molar-refractivity contribution in [3.8, 4) is 0 Å². The number of hydrogen-bond acceptors (Lipinski definition) is 2. The van der Waals surface area contributed by atoms with Gasteiger partial charge in [-0.1, -0.05) is 58.8 Å². The summed E-state index contributed by atoms with van der Waals surface area (Å²) >= 11 is 0. The molecule has 2 rings (SSSR count). The summed E-state index contributed by atoms with van der Waals surface area (Å²) in [6, 6.07) is 2.04. The molecule has 0 atom stereocenters. The van der Waals surface area contributed by atoms with E-state index in [0.717, 1.165) is 18.8 Å². The summed E-state index contributed by atoms with van der Waals surface area (Å²) in [5.74, 6) is 1.61. The molecule has 114 valence electrons. The molecule has 0 unspecified atom stereocenters. The van der Waals surface area contributed by atoms with Crippen LogP contribution < -0.4 is 5.73 Å². The van der Waals surface area contributed by atoms with Crippen molar-refractivity contribution in [3.63, 3.8) is 0 Å². The number of aromatic amines is 1. The lowest BCUT2D eigenvalue weighted by atomic mass is 9.74. The number of aromatic nitrogens is 2. The van der Waals surface area contributed by atoms with E-state index >= 15 is 0 Å². The van der Waals surface area contributed by atoms with Crippen LogP contribution in [-0.2, 0) is 5.41 Å². The molecule has 0 spiro atoms. The number of H-pyrrole nitrogens is 1. The first-order valence-corrected chi connectivity index (χ1v) is 8.51. The lowest BCUT2D eigenvalue weighted by Crippen LogP contribution is -2.25. The first-order valence-electron chi connectivity index (χ1n) is 8.51. The van der Waals surface area contributed by atoms with E-state index in [1.165, 1.54) is 57.1 Å². The SMILES string of the molecule is CCC(CC)(CCCC1CCCCC1)c1cc(N)n[nH]1. The highest BCUT2D eigenvalue weighted by Crippen LogP contribution is 2.37. The maximum Gasteiger partial charge on any atom is 0.145 e. The van der Waals surface area contributed by atoms with Crippen molar-refractivity contribution in [2.24, 2.45) is 5.92 Å². The van der Waals surface area contributed by atoms with Crippen LogP contribution in [0.4, 0.5) is 5.82 Å². The quantitative estimate of drug-likeness (QED) is 0.752. The Hall–Kier alpha value is -0.990. The van der Waals surface area contributed by atoms with Crippen LogP contribution in [0.15, 0.2) is 6.07 Å². The fraction of sp³-hybridized carbons (Fsp3) is 0.824. The maximum absolute atomic E-state index is 5.79. The van der Waals surface area contributed by atoms with E-state index in [2.05, 4.69) is 24.0 Å². The average molecular weight is 277 g/mol. The van der Waals surface area contributed by atoms with E-state index in [9.17, 15) is 0 Å². The molecule has 1 aromatic heterocycles. The van der Waals surface area contributed by atoms with Crippen molar-refractivity contribution < 1.29 is 0 Å². The molecule has 1 aliphatic rings. The molecule has 3 N–H and O–H groups in total. The predicted octanol–water partition coefficient (Wildman–Crippen LogP) is 4.80. The highest BCUT2D eigenvalue weighted by molar-refractivity contribution is 5.32. The van der Waals surface area contributed by atoms with Gasteiger partial charge in [0.15, 0.2) is 0 Å². The van der Waals surface area contributed by atoms with Crippen molar-refractivity contribution in [1.29, 1.82) is 0 Å². The molecular weight excluding hydrogens is 246 g/mol. The standard InChI is InChI=1S/C17H31N3/c1-3-17(4-2,15-13-16(18)20-19-15)12-8-11-14-9-6-5-7-10-14/h13-14H,3-12H2,1-2H3,(H3,18,19,20). The summed E-state index contributed by atoms with van der Waals surface area (Å²) in [5, 5.41) is 7.29. The van der Waals surface area contributed by atoms with Crippen LogP contribution in [0.2, 0.25) is 0 Å².